The van der Waals surface area contributed by atoms with Crippen LogP contribution in [-0.2, 0) is 0 Å². The zero-order valence-electron chi connectivity index (χ0n) is 11.6. The monoisotopic (exact) mass is 313 g/mol. The van der Waals surface area contributed by atoms with Crippen molar-refractivity contribution in [2.24, 2.45) is 0 Å². The van der Waals surface area contributed by atoms with E-state index >= 15 is 0 Å². The van der Waals surface area contributed by atoms with Crippen LogP contribution >= 0.6 is 15.9 Å². The highest BCUT2D eigenvalue weighted by molar-refractivity contribution is 9.10. The minimum absolute atomic E-state index is 0.408. The van der Waals surface area contributed by atoms with Gasteiger partial charge in [-0.2, -0.15) is 0 Å². The first kappa shape index (κ1) is 15.5. The Bertz CT molecular complexity index is 354. The predicted molar refractivity (Wildman–Crippen MR) is 81.3 cm³/mol. The Morgan fingerprint density at radius 2 is 2.06 bits per heavy atom. The van der Waals surface area contributed by atoms with Crippen LogP contribution in [0.1, 0.15) is 51.1 Å². The van der Waals surface area contributed by atoms with Crippen molar-refractivity contribution < 1.29 is 4.74 Å². The molecule has 1 rings (SSSR count). The molecule has 0 radical (unpaired) electrons. The Labute approximate surface area is 119 Å². The second-order valence-electron chi connectivity index (χ2n) is 4.49. The van der Waals surface area contributed by atoms with Gasteiger partial charge in [0.2, 0.25) is 0 Å². The Morgan fingerprint density at radius 1 is 1.28 bits per heavy atom. The SMILES string of the molecule is CCCCCC(NCC)c1cc(OC)ccc1Br. The molecule has 0 spiro atoms. The molecule has 0 fully saturated rings. The van der Waals surface area contributed by atoms with Crippen LogP contribution in [0.15, 0.2) is 22.7 Å². The maximum absolute atomic E-state index is 5.32. The van der Waals surface area contributed by atoms with Crippen LogP contribution in [0.2, 0.25) is 0 Å². The largest absolute Gasteiger partial charge is 0.497 e. The molecule has 1 aromatic carbocycles. The van der Waals surface area contributed by atoms with Gasteiger partial charge in [-0.3, -0.25) is 0 Å². The number of benzene rings is 1. The standard InChI is InChI=1S/C15H24BrNO/c1-4-6-7-8-15(17-5-2)13-11-12(18-3)9-10-14(13)16/h9-11,15,17H,4-8H2,1-3H3. The lowest BCUT2D eigenvalue weighted by Crippen LogP contribution is -2.21. The summed E-state index contributed by atoms with van der Waals surface area (Å²) in [7, 11) is 1.71. The summed E-state index contributed by atoms with van der Waals surface area (Å²) < 4.78 is 6.47. The van der Waals surface area contributed by atoms with Crippen molar-refractivity contribution in [1.29, 1.82) is 0 Å². The van der Waals surface area contributed by atoms with E-state index in [0.29, 0.717) is 6.04 Å². The Hall–Kier alpha value is -0.540. The van der Waals surface area contributed by atoms with Crippen LogP contribution in [-0.4, -0.2) is 13.7 Å². The van der Waals surface area contributed by atoms with Gasteiger partial charge in [-0.1, -0.05) is 49.0 Å². The van der Waals surface area contributed by atoms with Gasteiger partial charge in [0, 0.05) is 10.5 Å². The molecule has 2 nitrogen and oxygen atoms in total. The van der Waals surface area contributed by atoms with E-state index in [1.54, 1.807) is 7.11 Å². The highest BCUT2D eigenvalue weighted by atomic mass is 79.9. The zero-order valence-corrected chi connectivity index (χ0v) is 13.2. The Balaban J connectivity index is 2.82. The predicted octanol–water partition coefficient (Wildman–Crippen LogP) is 4.69. The van der Waals surface area contributed by atoms with E-state index in [4.69, 9.17) is 4.74 Å². The fraction of sp³-hybridized carbons (Fsp3) is 0.600. The molecule has 1 atom stereocenters. The average molecular weight is 314 g/mol. The third kappa shape index (κ3) is 4.62. The molecule has 0 amide bonds. The highest BCUT2D eigenvalue weighted by Crippen LogP contribution is 2.30. The van der Waals surface area contributed by atoms with Crippen LogP contribution in [0.5, 0.6) is 5.75 Å². The summed E-state index contributed by atoms with van der Waals surface area (Å²) in [5.41, 5.74) is 1.30. The van der Waals surface area contributed by atoms with Gasteiger partial charge < -0.3 is 10.1 Å². The molecule has 0 aliphatic heterocycles. The van der Waals surface area contributed by atoms with Crippen molar-refractivity contribution in [3.63, 3.8) is 0 Å². The second-order valence-corrected chi connectivity index (χ2v) is 5.35. The molecule has 0 saturated carbocycles. The van der Waals surface area contributed by atoms with E-state index in [2.05, 4.69) is 47.2 Å². The molecule has 102 valence electrons. The van der Waals surface area contributed by atoms with Gasteiger partial charge in [-0.25, -0.2) is 0 Å². The minimum Gasteiger partial charge on any atom is -0.497 e. The van der Waals surface area contributed by atoms with Crippen LogP contribution in [0.25, 0.3) is 0 Å². The molecule has 1 unspecified atom stereocenters. The zero-order chi connectivity index (χ0) is 13.4. The van der Waals surface area contributed by atoms with Gasteiger partial charge in [0.05, 0.1) is 7.11 Å². The minimum atomic E-state index is 0.408. The van der Waals surface area contributed by atoms with E-state index in [1.807, 2.05) is 6.07 Å². The van der Waals surface area contributed by atoms with Crippen molar-refractivity contribution in [2.75, 3.05) is 13.7 Å². The number of halogens is 1. The van der Waals surface area contributed by atoms with Crippen molar-refractivity contribution in [1.82, 2.24) is 5.32 Å². The summed E-state index contributed by atoms with van der Waals surface area (Å²) in [6.07, 6.45) is 4.99. The van der Waals surface area contributed by atoms with Crippen LogP contribution in [0.3, 0.4) is 0 Å². The average Bonchev–Trinajstić information content (AvgIpc) is 2.39. The van der Waals surface area contributed by atoms with E-state index < -0.39 is 0 Å². The first-order valence-electron chi connectivity index (χ1n) is 6.79. The molecular weight excluding hydrogens is 290 g/mol. The smallest absolute Gasteiger partial charge is 0.119 e. The van der Waals surface area contributed by atoms with E-state index in [0.717, 1.165) is 16.8 Å². The third-order valence-electron chi connectivity index (χ3n) is 3.13. The van der Waals surface area contributed by atoms with Gasteiger partial charge in [0.1, 0.15) is 5.75 Å². The quantitative estimate of drug-likeness (QED) is 0.703. The highest BCUT2D eigenvalue weighted by Gasteiger charge is 2.14. The molecule has 0 aliphatic carbocycles. The van der Waals surface area contributed by atoms with E-state index in [9.17, 15) is 0 Å². The number of ether oxygens (including phenoxy) is 1. The summed E-state index contributed by atoms with van der Waals surface area (Å²) in [5.74, 6) is 0.923. The first-order chi connectivity index (χ1) is 8.72. The molecule has 0 heterocycles. The number of nitrogens with one attached hydrogen (secondary N) is 1. The maximum atomic E-state index is 5.32. The lowest BCUT2D eigenvalue weighted by atomic mass is 10.00. The lowest BCUT2D eigenvalue weighted by Gasteiger charge is -2.20. The maximum Gasteiger partial charge on any atom is 0.119 e. The summed E-state index contributed by atoms with van der Waals surface area (Å²) in [4.78, 5) is 0. The number of hydrogen-bond acceptors (Lipinski definition) is 2. The second kappa shape index (κ2) is 8.54. The third-order valence-corrected chi connectivity index (χ3v) is 3.85. The van der Waals surface area contributed by atoms with Gasteiger partial charge in [-0.15, -0.1) is 0 Å². The van der Waals surface area contributed by atoms with Crippen molar-refractivity contribution in [3.8, 4) is 5.75 Å². The Morgan fingerprint density at radius 3 is 2.67 bits per heavy atom. The normalized spacial score (nSPS) is 12.4. The van der Waals surface area contributed by atoms with Gasteiger partial charge in [0.25, 0.3) is 0 Å². The van der Waals surface area contributed by atoms with Gasteiger partial charge in [0.15, 0.2) is 0 Å². The lowest BCUT2D eigenvalue weighted by molar-refractivity contribution is 0.411. The fourth-order valence-corrected chi connectivity index (χ4v) is 2.65. The fourth-order valence-electron chi connectivity index (χ4n) is 2.13. The van der Waals surface area contributed by atoms with E-state index in [1.165, 1.54) is 31.2 Å². The molecule has 3 heteroatoms. The van der Waals surface area contributed by atoms with E-state index in [-0.39, 0.29) is 0 Å². The molecule has 0 aromatic heterocycles. The van der Waals surface area contributed by atoms with Crippen molar-refractivity contribution >= 4 is 15.9 Å². The van der Waals surface area contributed by atoms with Crippen LogP contribution < -0.4 is 10.1 Å². The van der Waals surface area contributed by atoms with Crippen molar-refractivity contribution in [3.05, 3.63) is 28.2 Å². The summed E-state index contributed by atoms with van der Waals surface area (Å²) >= 11 is 3.64. The molecule has 1 aromatic rings. The number of rotatable bonds is 8. The molecule has 0 saturated heterocycles. The topological polar surface area (TPSA) is 21.3 Å². The summed E-state index contributed by atoms with van der Waals surface area (Å²) in [6.45, 7) is 5.38. The van der Waals surface area contributed by atoms with Crippen LogP contribution in [0, 0.1) is 0 Å². The Kier molecular flexibility index (Phi) is 7.36. The molecular formula is C15H24BrNO. The summed E-state index contributed by atoms with van der Waals surface area (Å²) in [6, 6.07) is 6.59. The molecule has 0 bridgehead atoms. The van der Waals surface area contributed by atoms with Crippen LogP contribution in [0.4, 0.5) is 0 Å². The number of hydrogen-bond donors (Lipinski definition) is 1. The summed E-state index contributed by atoms with van der Waals surface area (Å²) in [5, 5.41) is 3.56. The molecule has 0 aliphatic rings. The van der Waals surface area contributed by atoms with Gasteiger partial charge in [-0.05, 0) is 36.7 Å². The first-order valence-corrected chi connectivity index (χ1v) is 7.59. The number of methoxy groups -OCH3 is 1. The van der Waals surface area contributed by atoms with Gasteiger partial charge >= 0.3 is 0 Å². The molecule has 1 N–H and O–H groups in total. The molecule has 18 heavy (non-hydrogen) atoms. The van der Waals surface area contributed by atoms with Crippen molar-refractivity contribution in [2.45, 2.75) is 45.6 Å². The number of unbranched alkanes of at least 4 members (excludes halogenated alkanes) is 2.